The van der Waals surface area contributed by atoms with Gasteiger partial charge >= 0.3 is 0 Å². The van der Waals surface area contributed by atoms with Gasteiger partial charge < -0.3 is 11.1 Å². The van der Waals surface area contributed by atoms with Crippen LogP contribution in [0.5, 0.6) is 0 Å². The van der Waals surface area contributed by atoms with Crippen molar-refractivity contribution >= 4 is 11.5 Å². The molecule has 2 aromatic heterocycles. The third kappa shape index (κ3) is 3.00. The zero-order chi connectivity index (χ0) is 13.0. The molecule has 0 atom stereocenters. The van der Waals surface area contributed by atoms with Crippen LogP contribution >= 0.6 is 0 Å². The Bertz CT molecular complexity index is 518. The van der Waals surface area contributed by atoms with Gasteiger partial charge in [0.05, 0.1) is 11.4 Å². The summed E-state index contributed by atoms with van der Waals surface area (Å²) in [6.07, 6.45) is 2.69. The summed E-state index contributed by atoms with van der Waals surface area (Å²) in [5.41, 5.74) is 8.91. The summed E-state index contributed by atoms with van der Waals surface area (Å²) in [5.74, 6) is 0.545. The topological polar surface area (TPSA) is 68.8 Å². The number of aryl methyl sites for hydroxylation is 3. The molecule has 0 aliphatic heterocycles. The minimum Gasteiger partial charge on any atom is -0.382 e. The van der Waals surface area contributed by atoms with Gasteiger partial charge in [-0.2, -0.15) is 5.10 Å². The lowest BCUT2D eigenvalue weighted by atomic mass is 10.3. The van der Waals surface area contributed by atoms with Crippen LogP contribution in [0, 0.1) is 13.8 Å². The molecule has 0 fully saturated rings. The number of aromatic nitrogens is 3. The number of nitrogen functional groups attached to an aromatic ring is 1. The van der Waals surface area contributed by atoms with Gasteiger partial charge in [0.1, 0.15) is 5.82 Å². The molecule has 0 spiro atoms. The number of hydrogen-bond donors (Lipinski definition) is 2. The smallest absolute Gasteiger partial charge is 0.146 e. The van der Waals surface area contributed by atoms with Gasteiger partial charge in [-0.1, -0.05) is 0 Å². The molecule has 2 rings (SSSR count). The van der Waals surface area contributed by atoms with Gasteiger partial charge in [0.15, 0.2) is 0 Å². The molecule has 18 heavy (non-hydrogen) atoms. The molecule has 96 valence electrons. The number of hydrogen-bond acceptors (Lipinski definition) is 4. The monoisotopic (exact) mass is 245 g/mol. The second kappa shape index (κ2) is 5.53. The first-order valence-corrected chi connectivity index (χ1v) is 6.12. The van der Waals surface area contributed by atoms with Gasteiger partial charge in [-0.25, -0.2) is 4.98 Å². The van der Waals surface area contributed by atoms with Gasteiger partial charge in [0, 0.05) is 25.0 Å². The molecule has 0 saturated heterocycles. The van der Waals surface area contributed by atoms with E-state index in [1.807, 2.05) is 23.7 Å². The van der Waals surface area contributed by atoms with E-state index in [1.165, 1.54) is 5.69 Å². The van der Waals surface area contributed by atoms with Crippen molar-refractivity contribution in [1.82, 2.24) is 14.8 Å². The molecule has 0 aliphatic rings. The highest BCUT2D eigenvalue weighted by Crippen LogP contribution is 2.13. The summed E-state index contributed by atoms with van der Waals surface area (Å²) in [6.45, 7) is 5.85. The van der Waals surface area contributed by atoms with Crippen molar-refractivity contribution in [2.45, 2.75) is 26.8 Å². The minimum atomic E-state index is 0.545. The van der Waals surface area contributed by atoms with E-state index in [1.54, 1.807) is 6.20 Å². The normalized spacial score (nSPS) is 10.6. The first kappa shape index (κ1) is 12.4. The molecule has 0 bridgehead atoms. The van der Waals surface area contributed by atoms with Gasteiger partial charge in [0.25, 0.3) is 0 Å². The summed E-state index contributed by atoms with van der Waals surface area (Å²) in [6, 6.07) is 5.90. The van der Waals surface area contributed by atoms with Crippen LogP contribution in [0.4, 0.5) is 11.5 Å². The maximum absolute atomic E-state index is 5.75. The van der Waals surface area contributed by atoms with E-state index in [0.29, 0.717) is 5.82 Å². The van der Waals surface area contributed by atoms with Crippen LogP contribution in [-0.4, -0.2) is 21.3 Å². The standard InChI is InChI=1S/C13H19N5/c1-10-9-11(2)18(17-10)8-4-7-15-12-5-3-6-16-13(12)14/h3,5-6,9,15H,4,7-8H2,1-2H3,(H2,14,16). The van der Waals surface area contributed by atoms with Crippen LogP contribution in [-0.2, 0) is 6.54 Å². The molecule has 2 heterocycles. The predicted octanol–water partition coefficient (Wildman–Crippen LogP) is 1.98. The van der Waals surface area contributed by atoms with Crippen molar-refractivity contribution in [1.29, 1.82) is 0 Å². The average molecular weight is 245 g/mol. The van der Waals surface area contributed by atoms with Gasteiger partial charge in [-0.15, -0.1) is 0 Å². The average Bonchev–Trinajstić information content (AvgIpc) is 2.65. The van der Waals surface area contributed by atoms with E-state index in [0.717, 1.165) is 30.9 Å². The maximum atomic E-state index is 5.75. The minimum absolute atomic E-state index is 0.545. The molecule has 5 nitrogen and oxygen atoms in total. The largest absolute Gasteiger partial charge is 0.382 e. The summed E-state index contributed by atoms with van der Waals surface area (Å²) >= 11 is 0. The Kier molecular flexibility index (Phi) is 3.82. The lowest BCUT2D eigenvalue weighted by molar-refractivity contribution is 0.574. The second-order valence-corrected chi connectivity index (χ2v) is 4.37. The SMILES string of the molecule is Cc1cc(C)n(CCCNc2cccnc2N)n1. The highest BCUT2D eigenvalue weighted by atomic mass is 15.3. The van der Waals surface area contributed by atoms with Crippen molar-refractivity contribution in [3.63, 3.8) is 0 Å². The van der Waals surface area contributed by atoms with Gasteiger partial charge in [-0.3, -0.25) is 4.68 Å². The lowest BCUT2D eigenvalue weighted by Gasteiger charge is -2.08. The molecule has 0 amide bonds. The molecule has 0 radical (unpaired) electrons. The predicted molar refractivity (Wildman–Crippen MR) is 73.5 cm³/mol. The van der Waals surface area contributed by atoms with E-state index < -0.39 is 0 Å². The van der Waals surface area contributed by atoms with Crippen molar-refractivity contribution < 1.29 is 0 Å². The summed E-state index contributed by atoms with van der Waals surface area (Å²) < 4.78 is 2.03. The van der Waals surface area contributed by atoms with Crippen LogP contribution in [0.1, 0.15) is 17.8 Å². The van der Waals surface area contributed by atoms with Crippen LogP contribution in [0.2, 0.25) is 0 Å². The fourth-order valence-electron chi connectivity index (χ4n) is 1.92. The van der Waals surface area contributed by atoms with Crippen LogP contribution < -0.4 is 11.1 Å². The Morgan fingerprint density at radius 3 is 2.89 bits per heavy atom. The van der Waals surface area contributed by atoms with Crippen molar-refractivity contribution in [3.8, 4) is 0 Å². The Hall–Kier alpha value is -2.04. The highest BCUT2D eigenvalue weighted by molar-refractivity contribution is 5.60. The molecule has 0 unspecified atom stereocenters. The number of anilines is 2. The van der Waals surface area contributed by atoms with E-state index in [4.69, 9.17) is 5.73 Å². The Balaban J connectivity index is 1.80. The summed E-state index contributed by atoms with van der Waals surface area (Å²) in [4.78, 5) is 4.03. The Morgan fingerprint density at radius 1 is 1.39 bits per heavy atom. The van der Waals surface area contributed by atoms with E-state index in [-0.39, 0.29) is 0 Å². The van der Waals surface area contributed by atoms with Crippen LogP contribution in [0.25, 0.3) is 0 Å². The zero-order valence-electron chi connectivity index (χ0n) is 10.8. The molecule has 2 aromatic rings. The first-order chi connectivity index (χ1) is 8.66. The number of rotatable bonds is 5. The summed E-state index contributed by atoms with van der Waals surface area (Å²) in [7, 11) is 0. The summed E-state index contributed by atoms with van der Waals surface area (Å²) in [5, 5.41) is 7.71. The lowest BCUT2D eigenvalue weighted by Crippen LogP contribution is -2.10. The third-order valence-electron chi connectivity index (χ3n) is 2.80. The molecular formula is C13H19N5. The van der Waals surface area contributed by atoms with E-state index >= 15 is 0 Å². The number of nitrogens with one attached hydrogen (secondary N) is 1. The molecule has 0 aliphatic carbocycles. The van der Waals surface area contributed by atoms with E-state index in [9.17, 15) is 0 Å². The number of pyridine rings is 1. The molecule has 5 heteroatoms. The van der Waals surface area contributed by atoms with Crippen molar-refractivity contribution in [2.24, 2.45) is 0 Å². The fraction of sp³-hybridized carbons (Fsp3) is 0.385. The van der Waals surface area contributed by atoms with Gasteiger partial charge in [0.2, 0.25) is 0 Å². The third-order valence-corrected chi connectivity index (χ3v) is 2.80. The Labute approximate surface area is 107 Å². The quantitative estimate of drug-likeness (QED) is 0.790. The molecule has 0 aromatic carbocycles. The Morgan fingerprint density at radius 2 is 2.22 bits per heavy atom. The first-order valence-electron chi connectivity index (χ1n) is 6.12. The fourth-order valence-corrected chi connectivity index (χ4v) is 1.92. The van der Waals surface area contributed by atoms with Crippen molar-refractivity contribution in [2.75, 3.05) is 17.6 Å². The zero-order valence-corrected chi connectivity index (χ0v) is 10.8. The van der Waals surface area contributed by atoms with Crippen LogP contribution in [0.15, 0.2) is 24.4 Å². The number of nitrogens with two attached hydrogens (primary N) is 1. The number of nitrogens with zero attached hydrogens (tertiary/aromatic N) is 3. The van der Waals surface area contributed by atoms with E-state index in [2.05, 4.69) is 28.4 Å². The maximum Gasteiger partial charge on any atom is 0.146 e. The van der Waals surface area contributed by atoms with Gasteiger partial charge in [-0.05, 0) is 38.5 Å². The molecule has 3 N–H and O–H groups in total. The highest BCUT2D eigenvalue weighted by Gasteiger charge is 2.01. The molecule has 0 saturated carbocycles. The molecular weight excluding hydrogens is 226 g/mol. The second-order valence-electron chi connectivity index (χ2n) is 4.37. The van der Waals surface area contributed by atoms with Crippen LogP contribution in [0.3, 0.4) is 0 Å². The van der Waals surface area contributed by atoms with Crippen molar-refractivity contribution in [3.05, 3.63) is 35.8 Å².